The Labute approximate surface area is 192 Å². The fourth-order valence-electron chi connectivity index (χ4n) is 3.43. The number of ether oxygens (including phenoxy) is 3. The molecule has 0 spiro atoms. The van der Waals surface area contributed by atoms with E-state index in [1.54, 1.807) is 44.9 Å². The smallest absolute Gasteiger partial charge is 0.233 e. The van der Waals surface area contributed by atoms with Gasteiger partial charge in [0.2, 0.25) is 5.91 Å². The summed E-state index contributed by atoms with van der Waals surface area (Å²) in [5, 5.41) is -0.113. The molecule has 1 unspecified atom stereocenters. The van der Waals surface area contributed by atoms with E-state index < -0.39 is 0 Å². The molecular weight excluding hydrogens is 436 g/mol. The minimum atomic E-state index is -0.113. The number of nitrogens with zero attached hydrogens (tertiary/aromatic N) is 2. The molecule has 170 valence electrons. The van der Waals surface area contributed by atoms with E-state index >= 15 is 0 Å². The van der Waals surface area contributed by atoms with Crippen LogP contribution in [-0.2, 0) is 17.1 Å². The van der Waals surface area contributed by atoms with Crippen molar-refractivity contribution >= 4 is 29.4 Å². The molecule has 0 radical (unpaired) electrons. The normalized spacial score (nSPS) is 16.3. The molecule has 2 heterocycles. The molecule has 7 nitrogen and oxygen atoms in total. The molecule has 0 aliphatic carbocycles. The maximum atomic E-state index is 12.6. The van der Waals surface area contributed by atoms with E-state index in [2.05, 4.69) is 4.90 Å². The van der Waals surface area contributed by atoms with Crippen molar-refractivity contribution in [2.24, 2.45) is 0 Å². The van der Waals surface area contributed by atoms with Crippen LogP contribution in [-0.4, -0.2) is 69.2 Å². The first-order valence-corrected chi connectivity index (χ1v) is 12.2. The summed E-state index contributed by atoms with van der Waals surface area (Å²) < 4.78 is 22.3. The van der Waals surface area contributed by atoms with E-state index in [1.165, 1.54) is 0 Å². The maximum Gasteiger partial charge on any atom is 0.233 e. The predicted molar refractivity (Wildman–Crippen MR) is 125 cm³/mol. The topological polar surface area (TPSA) is 64.4 Å². The van der Waals surface area contributed by atoms with Gasteiger partial charge in [-0.3, -0.25) is 4.79 Å². The Balaban J connectivity index is 1.63. The van der Waals surface area contributed by atoms with E-state index in [1.807, 2.05) is 43.3 Å². The number of carbonyl (C=O) groups excluding carboxylic acids is 1. The highest BCUT2D eigenvalue weighted by Gasteiger charge is 2.35. The zero-order valence-electron chi connectivity index (χ0n) is 18.7. The largest absolute Gasteiger partial charge is 0.496 e. The van der Waals surface area contributed by atoms with E-state index in [9.17, 15) is 4.79 Å². The average molecular weight is 467 g/mol. The molecule has 0 saturated carbocycles. The van der Waals surface area contributed by atoms with Gasteiger partial charge in [-0.05, 0) is 32.3 Å². The third kappa shape index (κ3) is 5.84. The number of furan rings is 1. The highest BCUT2D eigenvalue weighted by atomic mass is 32.2. The minimum absolute atomic E-state index is 0.113. The fourth-order valence-corrected chi connectivity index (χ4v) is 5.49. The van der Waals surface area contributed by atoms with Gasteiger partial charge in [0.05, 0.1) is 39.4 Å². The second kappa shape index (κ2) is 11.1. The highest BCUT2D eigenvalue weighted by molar-refractivity contribution is 8.00. The molecule has 2 aromatic rings. The highest BCUT2D eigenvalue weighted by Crippen LogP contribution is 2.46. The summed E-state index contributed by atoms with van der Waals surface area (Å²) in [7, 11) is 8.86. The third-order valence-corrected chi connectivity index (χ3v) is 7.08. The van der Waals surface area contributed by atoms with Crippen LogP contribution >= 0.6 is 23.5 Å². The van der Waals surface area contributed by atoms with Crippen LogP contribution in [0.15, 0.2) is 28.7 Å². The summed E-state index contributed by atoms with van der Waals surface area (Å²) in [6.07, 6.45) is 0. The van der Waals surface area contributed by atoms with Gasteiger partial charge in [-0.2, -0.15) is 11.8 Å². The lowest BCUT2D eigenvalue weighted by Gasteiger charge is -2.26. The summed E-state index contributed by atoms with van der Waals surface area (Å²) in [5.74, 6) is 6.04. The Kier molecular flexibility index (Phi) is 8.45. The average Bonchev–Trinajstić information content (AvgIpc) is 3.35. The van der Waals surface area contributed by atoms with Crippen LogP contribution in [0.5, 0.6) is 17.2 Å². The molecule has 0 N–H and O–H groups in total. The standard InChI is InChI=1S/C22H30N2O5S2/c1-23(2)12-15-6-7-16(29-15)13-30-9-8-24-21(25)14-31-22(24)17-10-19(27-4)20(28-5)11-18(17)26-3/h6-7,10-11,22H,8-9,12-14H2,1-5H3. The summed E-state index contributed by atoms with van der Waals surface area (Å²) in [6, 6.07) is 7.77. The van der Waals surface area contributed by atoms with Gasteiger partial charge in [0.1, 0.15) is 22.6 Å². The minimum Gasteiger partial charge on any atom is -0.496 e. The molecule has 1 aliphatic rings. The Morgan fingerprint density at radius 2 is 1.77 bits per heavy atom. The van der Waals surface area contributed by atoms with E-state index in [0.29, 0.717) is 29.5 Å². The van der Waals surface area contributed by atoms with Crippen molar-refractivity contribution in [1.29, 1.82) is 0 Å². The van der Waals surface area contributed by atoms with Crippen LogP contribution in [0.4, 0.5) is 0 Å². The van der Waals surface area contributed by atoms with Crippen molar-refractivity contribution in [2.45, 2.75) is 17.7 Å². The van der Waals surface area contributed by atoms with Gasteiger partial charge >= 0.3 is 0 Å². The molecule has 1 amide bonds. The van der Waals surface area contributed by atoms with E-state index in [0.717, 1.165) is 35.1 Å². The Morgan fingerprint density at radius 1 is 1.10 bits per heavy atom. The summed E-state index contributed by atoms with van der Waals surface area (Å²) in [5.41, 5.74) is 0.917. The molecule has 1 fully saturated rings. The molecule has 31 heavy (non-hydrogen) atoms. The number of rotatable bonds is 11. The molecular formula is C22H30N2O5S2. The van der Waals surface area contributed by atoms with E-state index in [4.69, 9.17) is 18.6 Å². The molecule has 1 aromatic carbocycles. The quantitative estimate of drug-likeness (QED) is 0.463. The maximum absolute atomic E-state index is 12.6. The second-order valence-corrected chi connectivity index (χ2v) is 9.53. The van der Waals surface area contributed by atoms with Crippen LogP contribution in [0, 0.1) is 0 Å². The molecule has 1 saturated heterocycles. The van der Waals surface area contributed by atoms with Crippen molar-refractivity contribution in [2.75, 3.05) is 53.5 Å². The monoisotopic (exact) mass is 466 g/mol. The van der Waals surface area contributed by atoms with Crippen LogP contribution in [0.25, 0.3) is 0 Å². The number of hydrogen-bond acceptors (Lipinski definition) is 8. The van der Waals surface area contributed by atoms with Crippen LogP contribution in [0.2, 0.25) is 0 Å². The zero-order chi connectivity index (χ0) is 22.4. The first-order chi connectivity index (χ1) is 15.0. The summed E-state index contributed by atoms with van der Waals surface area (Å²) >= 11 is 3.37. The number of amides is 1. The number of carbonyl (C=O) groups is 1. The predicted octanol–water partition coefficient (Wildman–Crippen LogP) is 3.87. The van der Waals surface area contributed by atoms with Gasteiger partial charge in [-0.25, -0.2) is 0 Å². The van der Waals surface area contributed by atoms with Gasteiger partial charge in [-0.1, -0.05) is 0 Å². The third-order valence-electron chi connectivity index (χ3n) is 4.88. The summed E-state index contributed by atoms with van der Waals surface area (Å²) in [6.45, 7) is 1.45. The molecule has 1 aliphatic heterocycles. The molecule has 0 bridgehead atoms. The van der Waals surface area contributed by atoms with Crippen LogP contribution < -0.4 is 14.2 Å². The van der Waals surface area contributed by atoms with Crippen LogP contribution in [0.3, 0.4) is 0 Å². The van der Waals surface area contributed by atoms with Crippen LogP contribution in [0.1, 0.15) is 22.5 Å². The fraction of sp³-hybridized carbons (Fsp3) is 0.500. The van der Waals surface area contributed by atoms with Gasteiger partial charge in [0.25, 0.3) is 0 Å². The van der Waals surface area contributed by atoms with Crippen molar-refractivity contribution in [3.63, 3.8) is 0 Å². The van der Waals surface area contributed by atoms with E-state index in [-0.39, 0.29) is 11.3 Å². The SMILES string of the molecule is COc1cc(OC)c(C2SCC(=O)N2CCSCc2ccc(CN(C)C)o2)cc1OC. The summed E-state index contributed by atoms with van der Waals surface area (Å²) in [4.78, 5) is 16.6. The Bertz CT molecular complexity index is 887. The van der Waals surface area contributed by atoms with Crippen molar-refractivity contribution in [3.05, 3.63) is 41.3 Å². The lowest BCUT2D eigenvalue weighted by molar-refractivity contribution is -0.127. The lowest BCUT2D eigenvalue weighted by atomic mass is 10.1. The first kappa shape index (κ1) is 23.7. The van der Waals surface area contributed by atoms with Gasteiger partial charge in [0.15, 0.2) is 11.5 Å². The van der Waals surface area contributed by atoms with Crippen molar-refractivity contribution < 1.29 is 23.4 Å². The Hall–Kier alpha value is -1.97. The van der Waals surface area contributed by atoms with Gasteiger partial charge in [-0.15, -0.1) is 11.8 Å². The van der Waals surface area contributed by atoms with Gasteiger partial charge in [0, 0.05) is 23.9 Å². The molecule has 9 heteroatoms. The van der Waals surface area contributed by atoms with Crippen molar-refractivity contribution in [1.82, 2.24) is 9.80 Å². The molecule has 1 atom stereocenters. The number of methoxy groups -OCH3 is 3. The zero-order valence-corrected chi connectivity index (χ0v) is 20.3. The number of benzene rings is 1. The second-order valence-electron chi connectivity index (χ2n) is 7.36. The number of thioether (sulfide) groups is 2. The van der Waals surface area contributed by atoms with Crippen molar-refractivity contribution in [3.8, 4) is 17.2 Å². The molecule has 1 aromatic heterocycles. The van der Waals surface area contributed by atoms with Gasteiger partial charge < -0.3 is 28.4 Å². The number of hydrogen-bond donors (Lipinski definition) is 0. The lowest BCUT2D eigenvalue weighted by Crippen LogP contribution is -2.30. The first-order valence-electron chi connectivity index (χ1n) is 9.97. The Morgan fingerprint density at radius 3 is 2.45 bits per heavy atom. The molecule has 3 rings (SSSR count).